The van der Waals surface area contributed by atoms with Crippen LogP contribution in [0.4, 0.5) is 0 Å². The lowest BCUT2D eigenvalue weighted by Crippen LogP contribution is -2.43. The molecule has 8 heteroatoms. The Morgan fingerprint density at radius 2 is 2.27 bits per heavy atom. The number of thiophene rings is 1. The second-order valence-electron chi connectivity index (χ2n) is 6.75. The molecule has 2 N–H and O–H groups in total. The molecular weight excluding hydrogens is 352 g/mol. The average Bonchev–Trinajstić information content (AvgIpc) is 3.20. The molecule has 3 heterocycles. The van der Waals surface area contributed by atoms with Crippen molar-refractivity contribution in [1.29, 1.82) is 0 Å². The molecule has 0 bridgehead atoms. The van der Waals surface area contributed by atoms with Gasteiger partial charge >= 0.3 is 0 Å². The summed E-state index contributed by atoms with van der Waals surface area (Å²) in [6.07, 6.45) is 4.08. The van der Waals surface area contributed by atoms with Crippen molar-refractivity contribution >= 4 is 34.8 Å². The van der Waals surface area contributed by atoms with Gasteiger partial charge in [-0.1, -0.05) is 6.07 Å². The number of carbonyl (C=O) groups excluding carboxylic acids is 3. The lowest BCUT2D eigenvalue weighted by molar-refractivity contribution is -0.132. The first-order chi connectivity index (χ1) is 12.6. The highest BCUT2D eigenvalue weighted by Gasteiger charge is 2.24. The van der Waals surface area contributed by atoms with Crippen molar-refractivity contribution in [2.45, 2.75) is 38.5 Å². The van der Waals surface area contributed by atoms with Crippen LogP contribution >= 0.6 is 11.3 Å². The van der Waals surface area contributed by atoms with Crippen LogP contribution in [0.25, 0.3) is 0 Å². The van der Waals surface area contributed by atoms with Gasteiger partial charge in [-0.2, -0.15) is 5.10 Å². The number of hydrogen-bond donors (Lipinski definition) is 2. The number of rotatable bonds is 6. The standard InChI is InChI=1S/C18H24N4O3S/c23-16-7-5-14(20-21-16)6-8-17(24)22-9-1-3-13(12-22)11-19-18(25)15-4-2-10-26-15/h2,4,10,13H,1,3,5-9,11-12H2,(H,19,25)(H,21,23)/t13-/m0/s1. The summed E-state index contributed by atoms with van der Waals surface area (Å²) in [5.74, 6) is 0.311. The zero-order valence-electron chi connectivity index (χ0n) is 14.7. The Labute approximate surface area is 156 Å². The molecule has 3 rings (SSSR count). The fraction of sp³-hybridized carbons (Fsp3) is 0.556. The maximum absolute atomic E-state index is 12.5. The summed E-state index contributed by atoms with van der Waals surface area (Å²) in [5.41, 5.74) is 3.35. The highest BCUT2D eigenvalue weighted by Crippen LogP contribution is 2.18. The average molecular weight is 376 g/mol. The Balaban J connectivity index is 1.41. The normalized spacial score (nSPS) is 20.3. The monoisotopic (exact) mass is 376 g/mol. The van der Waals surface area contributed by atoms with Crippen LogP contribution in [0.5, 0.6) is 0 Å². The van der Waals surface area contributed by atoms with E-state index >= 15 is 0 Å². The number of nitrogens with one attached hydrogen (secondary N) is 2. The molecule has 3 amide bonds. The van der Waals surface area contributed by atoms with E-state index in [1.165, 1.54) is 11.3 Å². The van der Waals surface area contributed by atoms with E-state index in [1.807, 2.05) is 22.4 Å². The second kappa shape index (κ2) is 8.93. The molecule has 0 unspecified atom stereocenters. The molecule has 7 nitrogen and oxygen atoms in total. The highest BCUT2D eigenvalue weighted by atomic mass is 32.1. The van der Waals surface area contributed by atoms with E-state index in [4.69, 9.17) is 0 Å². The van der Waals surface area contributed by atoms with Crippen LogP contribution < -0.4 is 10.7 Å². The Hall–Kier alpha value is -2.22. The third-order valence-corrected chi connectivity index (χ3v) is 5.64. The lowest BCUT2D eigenvalue weighted by Gasteiger charge is -2.33. The fourth-order valence-electron chi connectivity index (χ4n) is 3.29. The topological polar surface area (TPSA) is 90.9 Å². The van der Waals surface area contributed by atoms with Gasteiger partial charge in [0, 0.05) is 38.2 Å². The van der Waals surface area contributed by atoms with Gasteiger partial charge in [-0.05, 0) is 43.0 Å². The number of amides is 3. The molecule has 0 radical (unpaired) electrons. The van der Waals surface area contributed by atoms with Gasteiger partial charge in [0.25, 0.3) is 5.91 Å². The quantitative estimate of drug-likeness (QED) is 0.793. The van der Waals surface area contributed by atoms with Crippen LogP contribution in [-0.4, -0.2) is 48.0 Å². The number of piperidine rings is 1. The SMILES string of the molecule is O=C1CCC(CCC(=O)N2CCC[C@@H](CNC(=O)c3cccs3)C2)=NN1. The van der Waals surface area contributed by atoms with Gasteiger partial charge in [0.2, 0.25) is 11.8 Å². The predicted molar refractivity (Wildman–Crippen MR) is 100 cm³/mol. The molecule has 0 spiro atoms. The molecule has 0 aliphatic carbocycles. The Morgan fingerprint density at radius 1 is 1.38 bits per heavy atom. The van der Waals surface area contributed by atoms with Gasteiger partial charge in [-0.15, -0.1) is 11.3 Å². The summed E-state index contributed by atoms with van der Waals surface area (Å²) in [6, 6.07) is 3.68. The van der Waals surface area contributed by atoms with Crippen molar-refractivity contribution < 1.29 is 14.4 Å². The molecule has 1 atom stereocenters. The minimum atomic E-state index is -0.0662. The van der Waals surface area contributed by atoms with Gasteiger partial charge in [-0.25, -0.2) is 5.43 Å². The van der Waals surface area contributed by atoms with Crippen LogP contribution in [0.1, 0.15) is 48.2 Å². The van der Waals surface area contributed by atoms with E-state index in [9.17, 15) is 14.4 Å². The first-order valence-corrected chi connectivity index (χ1v) is 9.93. The van der Waals surface area contributed by atoms with E-state index in [0.29, 0.717) is 49.6 Å². The number of likely N-dealkylation sites (tertiary alicyclic amines) is 1. The molecule has 1 aromatic rings. The molecule has 1 fully saturated rings. The van der Waals surface area contributed by atoms with E-state index in [0.717, 1.165) is 25.1 Å². The van der Waals surface area contributed by atoms with E-state index in [1.54, 1.807) is 0 Å². The minimum absolute atomic E-state index is 0.0409. The van der Waals surface area contributed by atoms with Crippen LogP contribution in [0, 0.1) is 5.92 Å². The van der Waals surface area contributed by atoms with Gasteiger partial charge in [0.15, 0.2) is 0 Å². The molecule has 2 aliphatic heterocycles. The van der Waals surface area contributed by atoms with Crippen molar-refractivity contribution in [3.8, 4) is 0 Å². The molecule has 140 valence electrons. The number of hydrazone groups is 1. The molecule has 1 aromatic heterocycles. The molecular formula is C18H24N4O3S. The number of carbonyl (C=O) groups is 3. The first kappa shape index (κ1) is 18.6. The smallest absolute Gasteiger partial charge is 0.261 e. The molecule has 0 saturated carbocycles. The van der Waals surface area contributed by atoms with Crippen molar-refractivity contribution in [3.05, 3.63) is 22.4 Å². The number of hydrogen-bond acceptors (Lipinski definition) is 5. The highest BCUT2D eigenvalue weighted by molar-refractivity contribution is 7.12. The molecule has 0 aromatic carbocycles. The molecule has 1 saturated heterocycles. The van der Waals surface area contributed by atoms with E-state index in [2.05, 4.69) is 15.8 Å². The summed E-state index contributed by atoms with van der Waals surface area (Å²) < 4.78 is 0. The Kier molecular flexibility index (Phi) is 6.38. The van der Waals surface area contributed by atoms with Crippen LogP contribution in [-0.2, 0) is 9.59 Å². The summed E-state index contributed by atoms with van der Waals surface area (Å²) in [5, 5.41) is 8.88. The van der Waals surface area contributed by atoms with Crippen LogP contribution in [0.3, 0.4) is 0 Å². The summed E-state index contributed by atoms with van der Waals surface area (Å²) in [4.78, 5) is 38.2. The second-order valence-corrected chi connectivity index (χ2v) is 7.70. The lowest BCUT2D eigenvalue weighted by atomic mass is 9.97. The van der Waals surface area contributed by atoms with Crippen LogP contribution in [0.2, 0.25) is 0 Å². The van der Waals surface area contributed by atoms with E-state index < -0.39 is 0 Å². The van der Waals surface area contributed by atoms with Crippen LogP contribution in [0.15, 0.2) is 22.6 Å². The van der Waals surface area contributed by atoms with Gasteiger partial charge in [0.1, 0.15) is 0 Å². The summed E-state index contributed by atoms with van der Waals surface area (Å²) in [6.45, 7) is 2.06. The Morgan fingerprint density at radius 3 is 3.00 bits per heavy atom. The van der Waals surface area contributed by atoms with Crippen molar-refractivity contribution in [3.63, 3.8) is 0 Å². The molecule has 2 aliphatic rings. The third-order valence-electron chi connectivity index (χ3n) is 4.77. The van der Waals surface area contributed by atoms with Crippen molar-refractivity contribution in [1.82, 2.24) is 15.6 Å². The van der Waals surface area contributed by atoms with Gasteiger partial charge < -0.3 is 10.2 Å². The van der Waals surface area contributed by atoms with Crippen molar-refractivity contribution in [2.24, 2.45) is 11.0 Å². The largest absolute Gasteiger partial charge is 0.351 e. The predicted octanol–water partition coefficient (Wildman–Crippen LogP) is 1.76. The molecule has 26 heavy (non-hydrogen) atoms. The van der Waals surface area contributed by atoms with E-state index in [-0.39, 0.29) is 17.7 Å². The zero-order chi connectivity index (χ0) is 18.4. The number of nitrogens with zero attached hydrogens (tertiary/aromatic N) is 2. The van der Waals surface area contributed by atoms with Gasteiger partial charge in [-0.3, -0.25) is 14.4 Å². The first-order valence-electron chi connectivity index (χ1n) is 9.05. The summed E-state index contributed by atoms with van der Waals surface area (Å²) >= 11 is 1.43. The fourth-order valence-corrected chi connectivity index (χ4v) is 3.93. The van der Waals surface area contributed by atoms with Crippen molar-refractivity contribution in [2.75, 3.05) is 19.6 Å². The Bertz CT molecular complexity index is 687. The van der Waals surface area contributed by atoms with Gasteiger partial charge in [0.05, 0.1) is 4.88 Å². The zero-order valence-corrected chi connectivity index (χ0v) is 15.5. The minimum Gasteiger partial charge on any atom is -0.351 e. The third kappa shape index (κ3) is 5.14. The maximum atomic E-state index is 12.5. The maximum Gasteiger partial charge on any atom is 0.261 e. The summed E-state index contributed by atoms with van der Waals surface area (Å²) in [7, 11) is 0.